The summed E-state index contributed by atoms with van der Waals surface area (Å²) in [5.41, 5.74) is 0.849. The van der Waals surface area contributed by atoms with Crippen molar-refractivity contribution >= 4 is 43.7 Å². The van der Waals surface area contributed by atoms with Crippen molar-refractivity contribution in [2.45, 2.75) is 55.9 Å². The summed E-state index contributed by atoms with van der Waals surface area (Å²) in [4.78, 5) is 26.6. The maximum atomic E-state index is 12.8. The number of ether oxygens (including phenoxy) is 1. The van der Waals surface area contributed by atoms with E-state index >= 15 is 0 Å². The Morgan fingerprint density at radius 2 is 1.74 bits per heavy atom. The van der Waals surface area contributed by atoms with E-state index in [1.54, 1.807) is 0 Å². The van der Waals surface area contributed by atoms with Gasteiger partial charge in [-0.3, -0.25) is 9.52 Å². The predicted molar refractivity (Wildman–Crippen MR) is 146 cm³/mol. The van der Waals surface area contributed by atoms with Crippen molar-refractivity contribution in [2.75, 3.05) is 17.9 Å². The molecule has 210 valence electrons. The van der Waals surface area contributed by atoms with Crippen LogP contribution in [-0.4, -0.2) is 52.8 Å². The summed E-state index contributed by atoms with van der Waals surface area (Å²) in [7, 11) is -8.00. The number of sulfonamides is 2. The van der Waals surface area contributed by atoms with E-state index < -0.39 is 26.0 Å². The van der Waals surface area contributed by atoms with Gasteiger partial charge in [-0.2, -0.15) is 0 Å². The van der Waals surface area contributed by atoms with Gasteiger partial charge < -0.3 is 9.64 Å². The van der Waals surface area contributed by atoms with E-state index in [1.165, 1.54) is 54.6 Å². The second-order valence-corrected chi connectivity index (χ2v) is 14.7. The molecule has 2 aromatic carbocycles. The minimum Gasteiger partial charge on any atom is -0.452 e. The molecule has 2 fully saturated rings. The van der Waals surface area contributed by atoms with Crippen LogP contribution in [0.5, 0.6) is 0 Å². The molecule has 2 unspecified atom stereocenters. The molecule has 0 radical (unpaired) electrons. The highest BCUT2D eigenvalue weighted by Crippen LogP contribution is 2.52. The van der Waals surface area contributed by atoms with E-state index in [9.17, 15) is 26.4 Å². The van der Waals surface area contributed by atoms with Gasteiger partial charge in [0.05, 0.1) is 15.5 Å². The molecule has 1 amide bonds. The lowest BCUT2D eigenvalue weighted by Crippen LogP contribution is -2.39. The lowest BCUT2D eigenvalue weighted by molar-refractivity contribution is -0.148. The van der Waals surface area contributed by atoms with Crippen LogP contribution in [0, 0.1) is 10.8 Å². The number of carbonyl (C=O) groups is 2. The number of primary sulfonamides is 1. The number of nitrogens with two attached hydrogens (primary N) is 1. The van der Waals surface area contributed by atoms with Crippen LogP contribution in [0.25, 0.3) is 6.08 Å². The molecule has 2 atom stereocenters. The largest absolute Gasteiger partial charge is 0.452 e. The number of carbonyl (C=O) groups excluding carboxylic acids is 2. The van der Waals surface area contributed by atoms with Crippen LogP contribution >= 0.6 is 0 Å². The number of likely N-dealkylation sites (tertiary alicyclic amines) is 1. The average Bonchev–Trinajstić information content (AvgIpc) is 3.09. The van der Waals surface area contributed by atoms with Crippen LogP contribution < -0.4 is 9.86 Å². The third-order valence-electron chi connectivity index (χ3n) is 7.09. The summed E-state index contributed by atoms with van der Waals surface area (Å²) in [5, 5.41) is 5.10. The summed E-state index contributed by atoms with van der Waals surface area (Å²) in [6, 6.07) is 11.0. The van der Waals surface area contributed by atoms with Crippen molar-refractivity contribution < 1.29 is 31.2 Å². The molecular formula is C27H33N3O7S2. The second-order valence-electron chi connectivity index (χ2n) is 11.4. The fraction of sp³-hybridized carbons (Fsp3) is 0.407. The molecule has 1 heterocycles. The second kappa shape index (κ2) is 10.4. The summed E-state index contributed by atoms with van der Waals surface area (Å²) in [6.07, 6.45) is 5.61. The fourth-order valence-corrected chi connectivity index (χ4v) is 7.50. The Morgan fingerprint density at radius 3 is 2.41 bits per heavy atom. The van der Waals surface area contributed by atoms with Gasteiger partial charge in [-0.25, -0.2) is 26.8 Å². The Kier molecular flexibility index (Phi) is 7.67. The monoisotopic (exact) mass is 575 g/mol. The van der Waals surface area contributed by atoms with Crippen LogP contribution in [-0.2, 0) is 34.4 Å². The number of hydrogen-bond acceptors (Lipinski definition) is 7. The predicted octanol–water partition coefficient (Wildman–Crippen LogP) is 3.12. The van der Waals surface area contributed by atoms with Gasteiger partial charge in [-0.15, -0.1) is 0 Å². The van der Waals surface area contributed by atoms with E-state index in [0.29, 0.717) is 12.1 Å². The first-order chi connectivity index (χ1) is 18.1. The van der Waals surface area contributed by atoms with Crippen molar-refractivity contribution in [1.29, 1.82) is 0 Å². The van der Waals surface area contributed by atoms with Gasteiger partial charge in [0, 0.05) is 18.7 Å². The van der Waals surface area contributed by atoms with E-state index in [0.717, 1.165) is 25.3 Å². The molecule has 2 bridgehead atoms. The zero-order valence-corrected chi connectivity index (χ0v) is 23.7. The molecule has 1 saturated heterocycles. The number of amides is 1. The number of nitrogens with one attached hydrogen (secondary N) is 1. The highest BCUT2D eigenvalue weighted by Gasteiger charge is 2.50. The summed E-state index contributed by atoms with van der Waals surface area (Å²) in [6.45, 7) is 7.01. The van der Waals surface area contributed by atoms with Crippen LogP contribution in [0.4, 0.5) is 5.69 Å². The Hall–Kier alpha value is -3.22. The van der Waals surface area contributed by atoms with Crippen molar-refractivity contribution in [1.82, 2.24) is 4.90 Å². The number of hydrogen-bond donors (Lipinski definition) is 2. The maximum absolute atomic E-state index is 12.8. The van der Waals surface area contributed by atoms with Crippen molar-refractivity contribution in [3.63, 3.8) is 0 Å². The number of nitrogens with zero attached hydrogens (tertiary/aromatic N) is 1. The third-order valence-corrected chi connectivity index (χ3v) is 9.40. The first-order valence-electron chi connectivity index (χ1n) is 12.5. The Bertz CT molecular complexity index is 1520. The Morgan fingerprint density at radius 1 is 1.05 bits per heavy atom. The number of fused-ring (bicyclic) bond motifs is 2. The lowest BCUT2D eigenvalue weighted by atomic mass is 9.65. The van der Waals surface area contributed by atoms with Gasteiger partial charge in [0.25, 0.3) is 15.9 Å². The molecule has 2 aliphatic rings. The molecule has 2 aromatic rings. The van der Waals surface area contributed by atoms with Gasteiger partial charge in [-0.05, 0) is 72.1 Å². The first kappa shape index (κ1) is 28.8. The molecule has 1 aliphatic heterocycles. The van der Waals surface area contributed by atoms with Crippen molar-refractivity contribution in [3.05, 3.63) is 60.2 Å². The molecule has 3 N–H and O–H groups in total. The standard InChI is InChI=1S/C27H33N3O7S2/c1-26(2)14-21-15-27(3,17-26)18-30(21)24(31)16-37-25(32)12-9-19-7-10-22(11-8-19)39(35,36)29-20-5-4-6-23(13-20)38(28,33)34/h4-13,21,29H,14-18H2,1-3H3,(H2,28,33,34)/b12-9+. The summed E-state index contributed by atoms with van der Waals surface area (Å²) < 4.78 is 55.9. The van der Waals surface area contributed by atoms with Gasteiger partial charge in [0.1, 0.15) is 0 Å². The first-order valence-corrected chi connectivity index (χ1v) is 15.5. The molecule has 1 saturated carbocycles. The van der Waals surface area contributed by atoms with Gasteiger partial charge >= 0.3 is 5.97 Å². The highest BCUT2D eigenvalue weighted by molar-refractivity contribution is 7.92. The Labute approximate surface area is 229 Å². The van der Waals surface area contributed by atoms with E-state index in [1.807, 2.05) is 4.90 Å². The topological polar surface area (TPSA) is 153 Å². The smallest absolute Gasteiger partial charge is 0.331 e. The SMILES string of the molecule is CC1(C)CC2CC(C)(CN2C(=O)COC(=O)/C=C/c2ccc(S(=O)(=O)Nc3cccc(S(N)(=O)=O)c3)cc2)C1. The Balaban J connectivity index is 1.32. The normalized spacial score (nSPS) is 22.6. The molecule has 4 rings (SSSR count). The molecule has 12 heteroatoms. The minimum absolute atomic E-state index is 0.0398. The number of benzene rings is 2. The van der Waals surface area contributed by atoms with E-state index in [-0.39, 0.29) is 44.9 Å². The number of esters is 1. The average molecular weight is 576 g/mol. The fourth-order valence-electron chi connectivity index (χ4n) is 5.89. The van der Waals surface area contributed by atoms with E-state index in [2.05, 4.69) is 25.5 Å². The minimum atomic E-state index is -4.01. The highest BCUT2D eigenvalue weighted by atomic mass is 32.2. The molecular weight excluding hydrogens is 542 g/mol. The molecule has 1 aliphatic carbocycles. The van der Waals surface area contributed by atoms with E-state index in [4.69, 9.17) is 9.88 Å². The maximum Gasteiger partial charge on any atom is 0.331 e. The number of rotatable bonds is 8. The zero-order valence-electron chi connectivity index (χ0n) is 22.1. The van der Waals surface area contributed by atoms with Gasteiger partial charge in [0.15, 0.2) is 6.61 Å². The molecule has 0 aromatic heterocycles. The quantitative estimate of drug-likeness (QED) is 0.362. The third kappa shape index (κ3) is 7.06. The molecule has 10 nitrogen and oxygen atoms in total. The summed E-state index contributed by atoms with van der Waals surface area (Å²) >= 11 is 0. The zero-order chi connectivity index (χ0) is 28.6. The van der Waals surface area contributed by atoms with Crippen molar-refractivity contribution in [2.24, 2.45) is 16.0 Å². The van der Waals surface area contributed by atoms with Crippen LogP contribution in [0.15, 0.2) is 64.4 Å². The van der Waals surface area contributed by atoms with Gasteiger partial charge in [0.2, 0.25) is 10.0 Å². The molecule has 0 spiro atoms. The van der Waals surface area contributed by atoms with Crippen LogP contribution in [0.1, 0.15) is 45.6 Å². The lowest BCUT2D eigenvalue weighted by Gasteiger charge is -2.39. The molecule has 39 heavy (non-hydrogen) atoms. The van der Waals surface area contributed by atoms with Gasteiger partial charge in [-0.1, -0.05) is 39.0 Å². The number of anilines is 1. The van der Waals surface area contributed by atoms with Crippen molar-refractivity contribution in [3.8, 4) is 0 Å². The summed E-state index contributed by atoms with van der Waals surface area (Å²) in [5.74, 6) is -0.870. The van der Waals surface area contributed by atoms with Crippen LogP contribution in [0.2, 0.25) is 0 Å². The van der Waals surface area contributed by atoms with Crippen LogP contribution in [0.3, 0.4) is 0 Å².